The van der Waals surface area contributed by atoms with Crippen molar-refractivity contribution in [2.24, 2.45) is 0 Å². The molecule has 0 fully saturated rings. The van der Waals surface area contributed by atoms with Crippen LogP contribution in [0.4, 0.5) is 0 Å². The van der Waals surface area contributed by atoms with E-state index in [0.717, 1.165) is 16.2 Å². The van der Waals surface area contributed by atoms with Crippen molar-refractivity contribution in [1.29, 1.82) is 0 Å². The Morgan fingerprint density at radius 3 is 2.85 bits per heavy atom. The highest BCUT2D eigenvalue weighted by Gasteiger charge is 2.18. The number of carbonyl (C=O) groups excluding carboxylic acids is 1. The van der Waals surface area contributed by atoms with E-state index >= 15 is 0 Å². The summed E-state index contributed by atoms with van der Waals surface area (Å²) in [5.41, 5.74) is 1.42. The Morgan fingerprint density at radius 2 is 2.15 bits per heavy atom. The lowest BCUT2D eigenvalue weighted by molar-refractivity contribution is 0.0948. The number of terminal acetylenes is 1. The number of benzene rings is 1. The molecule has 1 aromatic carbocycles. The first-order chi connectivity index (χ1) is 12.7. The Balaban J connectivity index is 1.54. The molecular weight excluding hydrogens is 348 g/mol. The third kappa shape index (κ3) is 4.32. The van der Waals surface area contributed by atoms with Gasteiger partial charge in [0.25, 0.3) is 5.91 Å². The number of nitrogens with zero attached hydrogens (tertiary/aromatic N) is 1. The smallest absolute Gasteiger partial charge is 0.273 e. The fourth-order valence-corrected chi connectivity index (χ4v) is 3.04. The standard InChI is InChI=1S/C20H18N2O3S/c1-3-12-24-16-8-6-15(7-9-16)10-11-21-19(23)18-14(2)25-20(22-18)17-5-4-13-26-17/h1,4-9,13H,10-12H2,2H3,(H,21,23). The number of aromatic nitrogens is 1. The van der Waals surface area contributed by atoms with Crippen molar-refractivity contribution in [3.05, 3.63) is 58.8 Å². The summed E-state index contributed by atoms with van der Waals surface area (Å²) < 4.78 is 10.9. The van der Waals surface area contributed by atoms with Crippen molar-refractivity contribution in [1.82, 2.24) is 10.3 Å². The summed E-state index contributed by atoms with van der Waals surface area (Å²) >= 11 is 1.52. The summed E-state index contributed by atoms with van der Waals surface area (Å²) in [5.74, 6) is 3.92. The minimum absolute atomic E-state index is 0.233. The van der Waals surface area contributed by atoms with Gasteiger partial charge < -0.3 is 14.5 Å². The first-order valence-electron chi connectivity index (χ1n) is 8.12. The Morgan fingerprint density at radius 1 is 1.35 bits per heavy atom. The molecular formula is C20H18N2O3S. The van der Waals surface area contributed by atoms with Gasteiger partial charge in [-0.2, -0.15) is 0 Å². The minimum Gasteiger partial charge on any atom is -0.481 e. The first-order valence-corrected chi connectivity index (χ1v) is 9.00. The predicted octanol–water partition coefficient (Wildman–Crippen LogP) is 3.70. The molecule has 0 spiro atoms. The number of thiophene rings is 1. The molecule has 0 aliphatic heterocycles. The van der Waals surface area contributed by atoms with Crippen LogP contribution in [-0.2, 0) is 6.42 Å². The highest BCUT2D eigenvalue weighted by Crippen LogP contribution is 2.25. The average molecular weight is 366 g/mol. The van der Waals surface area contributed by atoms with Crippen molar-refractivity contribution in [2.75, 3.05) is 13.2 Å². The average Bonchev–Trinajstić information content (AvgIpc) is 3.30. The summed E-state index contributed by atoms with van der Waals surface area (Å²) in [7, 11) is 0. The Labute approximate surface area is 156 Å². The molecule has 132 valence electrons. The SMILES string of the molecule is C#CCOc1ccc(CCNC(=O)c2nc(-c3cccs3)oc2C)cc1. The number of rotatable bonds is 7. The van der Waals surface area contributed by atoms with Gasteiger partial charge in [-0.15, -0.1) is 17.8 Å². The van der Waals surface area contributed by atoms with Gasteiger partial charge in [0.1, 0.15) is 18.1 Å². The number of carbonyl (C=O) groups is 1. The maximum absolute atomic E-state index is 12.3. The van der Waals surface area contributed by atoms with Gasteiger partial charge in [-0.05, 0) is 42.5 Å². The summed E-state index contributed by atoms with van der Waals surface area (Å²) in [6.45, 7) is 2.50. The molecule has 1 N–H and O–H groups in total. The molecule has 1 amide bonds. The molecule has 0 saturated carbocycles. The van der Waals surface area contributed by atoms with Crippen LogP contribution in [0.5, 0.6) is 5.75 Å². The van der Waals surface area contributed by atoms with E-state index in [4.69, 9.17) is 15.6 Å². The number of amides is 1. The third-order valence-corrected chi connectivity index (χ3v) is 4.55. The molecule has 0 aliphatic rings. The predicted molar refractivity (Wildman–Crippen MR) is 101 cm³/mol. The topological polar surface area (TPSA) is 64.4 Å². The van der Waals surface area contributed by atoms with Crippen LogP contribution >= 0.6 is 11.3 Å². The number of hydrogen-bond acceptors (Lipinski definition) is 5. The summed E-state index contributed by atoms with van der Waals surface area (Å²) in [6, 6.07) is 11.5. The minimum atomic E-state index is -0.233. The second kappa shape index (κ2) is 8.37. The fourth-order valence-electron chi connectivity index (χ4n) is 2.39. The van der Waals surface area contributed by atoms with Crippen LogP contribution in [0.15, 0.2) is 46.2 Å². The van der Waals surface area contributed by atoms with Crippen LogP contribution in [-0.4, -0.2) is 24.0 Å². The number of aryl methyl sites for hydroxylation is 1. The van der Waals surface area contributed by atoms with Crippen molar-refractivity contribution in [3.8, 4) is 28.9 Å². The number of oxazole rings is 1. The van der Waals surface area contributed by atoms with Crippen molar-refractivity contribution >= 4 is 17.2 Å². The normalized spacial score (nSPS) is 10.3. The molecule has 0 unspecified atom stereocenters. The molecule has 0 aliphatic carbocycles. The third-order valence-electron chi connectivity index (χ3n) is 3.69. The second-order valence-corrected chi connectivity index (χ2v) is 6.49. The second-order valence-electron chi connectivity index (χ2n) is 5.54. The molecule has 3 aromatic rings. The van der Waals surface area contributed by atoms with E-state index in [2.05, 4.69) is 16.2 Å². The number of ether oxygens (including phenoxy) is 1. The van der Waals surface area contributed by atoms with E-state index in [1.807, 2.05) is 41.8 Å². The van der Waals surface area contributed by atoms with E-state index in [-0.39, 0.29) is 12.5 Å². The Bertz CT molecular complexity index is 906. The molecule has 26 heavy (non-hydrogen) atoms. The zero-order valence-corrected chi connectivity index (χ0v) is 15.1. The molecule has 0 saturated heterocycles. The van der Waals surface area contributed by atoms with E-state index in [1.54, 1.807) is 6.92 Å². The zero-order valence-electron chi connectivity index (χ0n) is 14.3. The molecule has 0 bridgehead atoms. The zero-order chi connectivity index (χ0) is 18.4. The quantitative estimate of drug-likeness (QED) is 0.648. The molecule has 6 heteroatoms. The van der Waals surface area contributed by atoms with Crippen molar-refractivity contribution in [2.45, 2.75) is 13.3 Å². The van der Waals surface area contributed by atoms with Crippen LogP contribution in [0.2, 0.25) is 0 Å². The highest BCUT2D eigenvalue weighted by molar-refractivity contribution is 7.13. The number of nitrogens with one attached hydrogen (secondary N) is 1. The number of hydrogen-bond donors (Lipinski definition) is 1. The van der Waals surface area contributed by atoms with E-state index < -0.39 is 0 Å². The van der Waals surface area contributed by atoms with Crippen molar-refractivity contribution in [3.63, 3.8) is 0 Å². The Kier molecular flexibility index (Phi) is 5.72. The molecule has 0 radical (unpaired) electrons. The van der Waals surface area contributed by atoms with Crippen LogP contribution < -0.4 is 10.1 Å². The maximum atomic E-state index is 12.3. The fraction of sp³-hybridized carbons (Fsp3) is 0.200. The van der Waals surface area contributed by atoms with Crippen LogP contribution in [0.25, 0.3) is 10.8 Å². The van der Waals surface area contributed by atoms with Gasteiger partial charge in [0.2, 0.25) is 5.89 Å². The maximum Gasteiger partial charge on any atom is 0.273 e. The van der Waals surface area contributed by atoms with E-state index in [1.165, 1.54) is 11.3 Å². The summed E-state index contributed by atoms with van der Waals surface area (Å²) in [5, 5.41) is 4.82. The molecule has 2 heterocycles. The van der Waals surface area contributed by atoms with Gasteiger partial charge in [-0.3, -0.25) is 4.79 Å². The Hall–Kier alpha value is -3.04. The molecule has 0 atom stereocenters. The molecule has 5 nitrogen and oxygen atoms in total. The lowest BCUT2D eigenvalue weighted by Gasteiger charge is -2.06. The van der Waals surface area contributed by atoms with Gasteiger partial charge >= 0.3 is 0 Å². The van der Waals surface area contributed by atoms with Gasteiger partial charge in [0.15, 0.2) is 5.69 Å². The first kappa shape index (κ1) is 17.8. The lowest BCUT2D eigenvalue weighted by Crippen LogP contribution is -2.26. The van der Waals surface area contributed by atoms with Crippen LogP contribution in [0.3, 0.4) is 0 Å². The van der Waals surface area contributed by atoms with E-state index in [9.17, 15) is 4.79 Å². The highest BCUT2D eigenvalue weighted by atomic mass is 32.1. The lowest BCUT2D eigenvalue weighted by atomic mass is 10.1. The van der Waals surface area contributed by atoms with E-state index in [0.29, 0.717) is 30.3 Å². The van der Waals surface area contributed by atoms with Gasteiger partial charge in [-0.25, -0.2) is 4.98 Å². The summed E-state index contributed by atoms with van der Waals surface area (Å²) in [6.07, 6.45) is 5.87. The van der Waals surface area contributed by atoms with Crippen LogP contribution in [0, 0.1) is 19.3 Å². The largest absolute Gasteiger partial charge is 0.481 e. The molecule has 2 aromatic heterocycles. The van der Waals surface area contributed by atoms with Crippen molar-refractivity contribution < 1.29 is 13.9 Å². The van der Waals surface area contributed by atoms with Gasteiger partial charge in [-0.1, -0.05) is 24.1 Å². The van der Waals surface area contributed by atoms with Crippen LogP contribution in [0.1, 0.15) is 21.8 Å². The molecule has 3 rings (SSSR count). The summed E-state index contributed by atoms with van der Waals surface area (Å²) in [4.78, 5) is 17.6. The van der Waals surface area contributed by atoms with Gasteiger partial charge in [0, 0.05) is 6.54 Å². The van der Waals surface area contributed by atoms with Gasteiger partial charge in [0.05, 0.1) is 4.88 Å². The monoisotopic (exact) mass is 366 g/mol.